The predicted molar refractivity (Wildman–Crippen MR) is 143 cm³/mol. The molecule has 4 rings (SSSR count). The third-order valence-corrected chi connectivity index (χ3v) is 7.92. The Bertz CT molecular complexity index is 990. The third kappa shape index (κ3) is 5.83. The van der Waals surface area contributed by atoms with E-state index in [0.717, 1.165) is 36.2 Å². The highest BCUT2D eigenvalue weighted by Crippen LogP contribution is 2.41. The number of nitrogens with zero attached hydrogens (tertiary/aromatic N) is 2. The third-order valence-electron chi connectivity index (χ3n) is 7.61. The van der Waals surface area contributed by atoms with Crippen LogP contribution < -0.4 is 10.2 Å². The van der Waals surface area contributed by atoms with Gasteiger partial charge in [0.05, 0.1) is 5.02 Å². The number of halogens is 1. The van der Waals surface area contributed by atoms with E-state index in [2.05, 4.69) is 29.5 Å². The molecule has 1 atom stereocenters. The lowest BCUT2D eigenvalue weighted by molar-refractivity contribution is -0.118. The fourth-order valence-corrected chi connectivity index (χ4v) is 5.83. The second kappa shape index (κ2) is 12.2. The molecule has 0 bridgehead atoms. The number of aryl methyl sites for hydroxylation is 1. The van der Waals surface area contributed by atoms with E-state index in [1.807, 2.05) is 19.3 Å². The lowest BCUT2D eigenvalue weighted by Crippen LogP contribution is -2.31. The smallest absolute Gasteiger partial charge is 0.227 e. The first-order valence-corrected chi connectivity index (χ1v) is 13.8. The molecule has 2 aromatic rings. The van der Waals surface area contributed by atoms with E-state index >= 15 is 0 Å². The maximum Gasteiger partial charge on any atom is 0.227 e. The van der Waals surface area contributed by atoms with Crippen molar-refractivity contribution in [2.75, 3.05) is 18.5 Å². The molecule has 1 aromatic carbocycles. The van der Waals surface area contributed by atoms with Crippen LogP contribution in [0.25, 0.3) is 11.1 Å². The SMILES string of the molecule is CCCCCCCCCCNC1CCCc2c(-c3cc4c(cc3Cl)N(C)C(=O)CC4)cncc21. The van der Waals surface area contributed by atoms with Gasteiger partial charge in [0, 0.05) is 48.7 Å². The Morgan fingerprint density at radius 2 is 1.76 bits per heavy atom. The lowest BCUT2D eigenvalue weighted by Gasteiger charge is -2.29. The molecule has 1 amide bonds. The minimum Gasteiger partial charge on any atom is -0.315 e. The Labute approximate surface area is 210 Å². The number of rotatable bonds is 11. The summed E-state index contributed by atoms with van der Waals surface area (Å²) in [6, 6.07) is 4.53. The number of pyridine rings is 1. The van der Waals surface area contributed by atoms with E-state index in [4.69, 9.17) is 11.6 Å². The number of anilines is 1. The van der Waals surface area contributed by atoms with Gasteiger partial charge in [-0.2, -0.15) is 0 Å². The highest BCUT2D eigenvalue weighted by molar-refractivity contribution is 6.34. The average molecular weight is 482 g/mol. The zero-order valence-electron chi connectivity index (χ0n) is 21.0. The van der Waals surface area contributed by atoms with Crippen molar-refractivity contribution in [3.63, 3.8) is 0 Å². The molecular formula is C29H40ClN3O. The summed E-state index contributed by atoms with van der Waals surface area (Å²) >= 11 is 6.78. The standard InChI is InChI=1S/C29H40ClN3O/c1-3-4-5-6-7-8-9-10-16-32-27-13-11-12-22-24(19-31-20-25(22)27)23-17-21-14-15-29(34)33(2)28(21)18-26(23)30/h17-20,27,32H,3-16H2,1-2H3. The van der Waals surface area contributed by atoms with E-state index in [-0.39, 0.29) is 5.91 Å². The first-order chi connectivity index (χ1) is 16.6. The highest BCUT2D eigenvalue weighted by atomic mass is 35.5. The van der Waals surface area contributed by atoms with E-state index in [1.54, 1.807) is 4.90 Å². The zero-order chi connectivity index (χ0) is 23.9. The molecule has 0 radical (unpaired) electrons. The largest absolute Gasteiger partial charge is 0.315 e. The van der Waals surface area contributed by atoms with Gasteiger partial charge in [0.25, 0.3) is 0 Å². The molecule has 184 valence electrons. The molecule has 1 unspecified atom stereocenters. The molecule has 0 fully saturated rings. The number of hydrogen-bond donors (Lipinski definition) is 1. The summed E-state index contributed by atoms with van der Waals surface area (Å²) < 4.78 is 0. The van der Waals surface area contributed by atoms with Gasteiger partial charge in [-0.1, -0.05) is 63.5 Å². The summed E-state index contributed by atoms with van der Waals surface area (Å²) in [7, 11) is 1.84. The number of benzene rings is 1. The van der Waals surface area contributed by atoms with Gasteiger partial charge < -0.3 is 10.2 Å². The lowest BCUT2D eigenvalue weighted by atomic mass is 9.84. The van der Waals surface area contributed by atoms with Crippen molar-refractivity contribution in [1.82, 2.24) is 10.3 Å². The van der Waals surface area contributed by atoms with Gasteiger partial charge in [-0.15, -0.1) is 0 Å². The van der Waals surface area contributed by atoms with Crippen molar-refractivity contribution >= 4 is 23.2 Å². The zero-order valence-corrected chi connectivity index (χ0v) is 21.7. The average Bonchev–Trinajstić information content (AvgIpc) is 2.85. The Morgan fingerprint density at radius 1 is 1.00 bits per heavy atom. The number of hydrogen-bond acceptors (Lipinski definition) is 3. The summed E-state index contributed by atoms with van der Waals surface area (Å²) in [6.07, 6.45) is 19.6. The van der Waals surface area contributed by atoms with Crippen LogP contribution in [0.4, 0.5) is 5.69 Å². The summed E-state index contributed by atoms with van der Waals surface area (Å²) in [5.74, 6) is 0.153. The minimum absolute atomic E-state index is 0.153. The first-order valence-electron chi connectivity index (χ1n) is 13.4. The van der Waals surface area contributed by atoms with Crippen LogP contribution in [-0.4, -0.2) is 24.5 Å². The van der Waals surface area contributed by atoms with Gasteiger partial charge in [0.2, 0.25) is 5.91 Å². The van der Waals surface area contributed by atoms with Crippen molar-refractivity contribution in [2.24, 2.45) is 0 Å². The van der Waals surface area contributed by atoms with Gasteiger partial charge in [-0.3, -0.25) is 9.78 Å². The molecule has 5 heteroatoms. The Balaban J connectivity index is 1.42. The van der Waals surface area contributed by atoms with Gasteiger partial charge in [0.15, 0.2) is 0 Å². The summed E-state index contributed by atoms with van der Waals surface area (Å²) in [5, 5.41) is 4.52. The maximum atomic E-state index is 12.1. The minimum atomic E-state index is 0.153. The maximum absolute atomic E-state index is 12.1. The molecule has 0 spiro atoms. The van der Waals surface area contributed by atoms with Crippen LogP contribution in [0, 0.1) is 0 Å². The Morgan fingerprint density at radius 3 is 2.56 bits per heavy atom. The van der Waals surface area contributed by atoms with Crippen LogP contribution in [0.5, 0.6) is 0 Å². The number of carbonyl (C=O) groups excluding carboxylic acids is 1. The predicted octanol–water partition coefficient (Wildman–Crippen LogP) is 7.42. The first kappa shape index (κ1) is 25.2. The molecule has 0 saturated heterocycles. The van der Waals surface area contributed by atoms with Crippen LogP contribution in [0.1, 0.15) is 100 Å². The number of amides is 1. The summed E-state index contributed by atoms with van der Waals surface area (Å²) in [4.78, 5) is 18.5. The molecule has 0 saturated carbocycles. The molecule has 34 heavy (non-hydrogen) atoms. The molecule has 4 nitrogen and oxygen atoms in total. The van der Waals surface area contributed by atoms with Crippen LogP contribution in [0.3, 0.4) is 0 Å². The van der Waals surface area contributed by atoms with Crippen molar-refractivity contribution < 1.29 is 4.79 Å². The number of fused-ring (bicyclic) bond motifs is 2. The van der Waals surface area contributed by atoms with Crippen molar-refractivity contribution in [1.29, 1.82) is 0 Å². The summed E-state index contributed by atoms with van der Waals surface area (Å²) in [6.45, 7) is 3.35. The number of unbranched alkanes of at least 4 members (excludes halogenated alkanes) is 7. The second-order valence-corrected chi connectivity index (χ2v) is 10.4. The molecule has 1 aliphatic heterocycles. The number of aromatic nitrogens is 1. The molecule has 1 aromatic heterocycles. The molecular weight excluding hydrogens is 442 g/mol. The Kier molecular flexibility index (Phi) is 9.02. The molecule has 1 N–H and O–H groups in total. The number of nitrogens with one attached hydrogen (secondary N) is 1. The monoisotopic (exact) mass is 481 g/mol. The van der Waals surface area contributed by atoms with E-state index in [1.165, 1.54) is 80.9 Å². The van der Waals surface area contributed by atoms with Crippen LogP contribution in [0.15, 0.2) is 24.5 Å². The van der Waals surface area contributed by atoms with Gasteiger partial charge >= 0.3 is 0 Å². The highest BCUT2D eigenvalue weighted by Gasteiger charge is 2.26. The fourth-order valence-electron chi connectivity index (χ4n) is 5.57. The second-order valence-electron chi connectivity index (χ2n) is 10.0. The van der Waals surface area contributed by atoms with Gasteiger partial charge in [0.1, 0.15) is 0 Å². The van der Waals surface area contributed by atoms with Crippen molar-refractivity contribution in [3.8, 4) is 11.1 Å². The van der Waals surface area contributed by atoms with Gasteiger partial charge in [-0.25, -0.2) is 0 Å². The van der Waals surface area contributed by atoms with Crippen LogP contribution >= 0.6 is 11.6 Å². The van der Waals surface area contributed by atoms with Crippen molar-refractivity contribution in [3.05, 3.63) is 46.2 Å². The fraction of sp³-hybridized carbons (Fsp3) is 0.586. The molecule has 1 aliphatic carbocycles. The van der Waals surface area contributed by atoms with Crippen molar-refractivity contribution in [2.45, 2.75) is 96.4 Å². The molecule has 2 heterocycles. The van der Waals surface area contributed by atoms with E-state index in [9.17, 15) is 4.79 Å². The van der Waals surface area contributed by atoms with Gasteiger partial charge in [-0.05, 0) is 67.5 Å². The van der Waals surface area contributed by atoms with E-state index < -0.39 is 0 Å². The van der Waals surface area contributed by atoms with Crippen LogP contribution in [-0.2, 0) is 17.6 Å². The quantitative estimate of drug-likeness (QED) is 0.339. The normalized spacial score (nSPS) is 17.6. The van der Waals surface area contributed by atoms with E-state index in [0.29, 0.717) is 17.5 Å². The summed E-state index contributed by atoms with van der Waals surface area (Å²) in [5.41, 5.74) is 7.06. The number of carbonyl (C=O) groups is 1. The van der Waals surface area contributed by atoms with Crippen LogP contribution in [0.2, 0.25) is 5.02 Å². The Hall–Kier alpha value is -1.91. The molecule has 2 aliphatic rings. The topological polar surface area (TPSA) is 45.2 Å².